The monoisotopic (exact) mass is 263 g/mol. The lowest BCUT2D eigenvalue weighted by Crippen LogP contribution is -2.21. The topological polar surface area (TPSA) is 61.0 Å². The van der Waals surface area contributed by atoms with Gasteiger partial charge in [-0.05, 0) is 32.1 Å². The van der Waals surface area contributed by atoms with Gasteiger partial charge in [0.25, 0.3) is 0 Å². The number of hydrogen-bond donors (Lipinski definition) is 1. The standard InChI is InChI=1S/C15H25N3O/c1-4-12-10(2)17-15(18-14(12)16)13(19-3)11-8-6-5-7-9-11/h11,13H,4-9H2,1-3H3,(H2,16,17,18). The van der Waals surface area contributed by atoms with Crippen molar-refractivity contribution in [1.29, 1.82) is 0 Å². The predicted octanol–water partition coefficient (Wildman–Crippen LogP) is 3.20. The summed E-state index contributed by atoms with van der Waals surface area (Å²) in [5, 5.41) is 0. The Balaban J connectivity index is 2.27. The molecule has 0 spiro atoms. The Hall–Kier alpha value is -1.16. The molecule has 1 fully saturated rings. The Kier molecular flexibility index (Phi) is 4.75. The number of rotatable bonds is 4. The Morgan fingerprint density at radius 3 is 2.47 bits per heavy atom. The molecule has 4 heteroatoms. The van der Waals surface area contributed by atoms with Crippen LogP contribution in [0.3, 0.4) is 0 Å². The molecule has 0 aliphatic heterocycles. The highest BCUT2D eigenvalue weighted by atomic mass is 16.5. The van der Waals surface area contributed by atoms with Crippen LogP contribution in [0, 0.1) is 12.8 Å². The molecule has 1 atom stereocenters. The molecule has 2 rings (SSSR count). The minimum atomic E-state index is -0.00722. The number of ether oxygens (including phenoxy) is 1. The first kappa shape index (κ1) is 14.3. The first-order valence-electron chi connectivity index (χ1n) is 7.33. The van der Waals surface area contributed by atoms with Crippen LogP contribution in [-0.2, 0) is 11.2 Å². The number of aryl methyl sites for hydroxylation is 1. The molecule has 0 bridgehead atoms. The van der Waals surface area contributed by atoms with E-state index < -0.39 is 0 Å². The van der Waals surface area contributed by atoms with Crippen molar-refractivity contribution >= 4 is 5.82 Å². The van der Waals surface area contributed by atoms with Crippen molar-refractivity contribution in [3.8, 4) is 0 Å². The average molecular weight is 263 g/mol. The van der Waals surface area contributed by atoms with Gasteiger partial charge in [-0.1, -0.05) is 26.2 Å². The molecule has 0 amide bonds. The Morgan fingerprint density at radius 1 is 1.26 bits per heavy atom. The second-order valence-corrected chi connectivity index (χ2v) is 5.44. The zero-order valence-electron chi connectivity index (χ0n) is 12.3. The summed E-state index contributed by atoms with van der Waals surface area (Å²) in [6, 6.07) is 0. The number of nitrogens with zero attached hydrogens (tertiary/aromatic N) is 2. The summed E-state index contributed by atoms with van der Waals surface area (Å²) >= 11 is 0. The Bertz CT molecular complexity index is 404. The predicted molar refractivity (Wildman–Crippen MR) is 76.9 cm³/mol. The molecule has 2 N–H and O–H groups in total. The summed E-state index contributed by atoms with van der Waals surface area (Å²) in [6.45, 7) is 4.09. The SMILES string of the molecule is CCc1c(C)nc(C(OC)C2CCCCC2)nc1N. The molecule has 4 nitrogen and oxygen atoms in total. The van der Waals surface area contributed by atoms with E-state index in [4.69, 9.17) is 10.5 Å². The number of anilines is 1. The number of aromatic nitrogens is 2. The third-order valence-electron chi connectivity index (χ3n) is 4.20. The molecule has 0 aromatic carbocycles. The van der Waals surface area contributed by atoms with E-state index in [1.54, 1.807) is 7.11 Å². The maximum absolute atomic E-state index is 6.05. The first-order valence-corrected chi connectivity index (χ1v) is 7.33. The molecule has 1 aliphatic carbocycles. The van der Waals surface area contributed by atoms with Gasteiger partial charge in [-0.2, -0.15) is 0 Å². The Morgan fingerprint density at radius 2 is 1.95 bits per heavy atom. The fraction of sp³-hybridized carbons (Fsp3) is 0.733. The van der Waals surface area contributed by atoms with Gasteiger partial charge >= 0.3 is 0 Å². The summed E-state index contributed by atoms with van der Waals surface area (Å²) < 4.78 is 5.68. The van der Waals surface area contributed by atoms with Crippen LogP contribution in [0.2, 0.25) is 0 Å². The lowest BCUT2D eigenvalue weighted by molar-refractivity contribution is 0.0289. The molecule has 19 heavy (non-hydrogen) atoms. The van der Waals surface area contributed by atoms with Crippen LogP contribution in [-0.4, -0.2) is 17.1 Å². The van der Waals surface area contributed by atoms with E-state index in [1.165, 1.54) is 32.1 Å². The van der Waals surface area contributed by atoms with E-state index in [1.807, 2.05) is 6.92 Å². The van der Waals surface area contributed by atoms with Gasteiger partial charge < -0.3 is 10.5 Å². The minimum Gasteiger partial charge on any atom is -0.383 e. The highest BCUT2D eigenvalue weighted by molar-refractivity contribution is 5.42. The zero-order chi connectivity index (χ0) is 13.8. The van der Waals surface area contributed by atoms with E-state index >= 15 is 0 Å². The maximum Gasteiger partial charge on any atom is 0.160 e. The molecule has 0 saturated heterocycles. The quantitative estimate of drug-likeness (QED) is 0.906. The van der Waals surface area contributed by atoms with Crippen molar-refractivity contribution in [3.63, 3.8) is 0 Å². The van der Waals surface area contributed by atoms with Gasteiger partial charge in [-0.15, -0.1) is 0 Å². The fourth-order valence-electron chi connectivity index (χ4n) is 3.15. The van der Waals surface area contributed by atoms with Crippen LogP contribution < -0.4 is 5.73 Å². The van der Waals surface area contributed by atoms with Gasteiger partial charge in [0.05, 0.1) is 0 Å². The van der Waals surface area contributed by atoms with E-state index in [0.29, 0.717) is 11.7 Å². The third-order valence-corrected chi connectivity index (χ3v) is 4.20. The van der Waals surface area contributed by atoms with Crippen molar-refractivity contribution in [2.24, 2.45) is 5.92 Å². The molecule has 1 aliphatic rings. The fourth-order valence-corrected chi connectivity index (χ4v) is 3.15. The van der Waals surface area contributed by atoms with Gasteiger partial charge in [-0.3, -0.25) is 0 Å². The van der Waals surface area contributed by atoms with Gasteiger partial charge in [0, 0.05) is 18.4 Å². The highest BCUT2D eigenvalue weighted by Gasteiger charge is 2.28. The number of hydrogen-bond acceptors (Lipinski definition) is 4. The van der Waals surface area contributed by atoms with Crippen LogP contribution in [0.25, 0.3) is 0 Å². The van der Waals surface area contributed by atoms with E-state index in [9.17, 15) is 0 Å². The summed E-state index contributed by atoms with van der Waals surface area (Å²) in [7, 11) is 1.75. The zero-order valence-corrected chi connectivity index (χ0v) is 12.3. The number of nitrogens with two attached hydrogens (primary N) is 1. The first-order chi connectivity index (χ1) is 9.17. The van der Waals surface area contributed by atoms with Gasteiger partial charge in [-0.25, -0.2) is 9.97 Å². The van der Waals surface area contributed by atoms with Crippen LogP contribution in [0.5, 0.6) is 0 Å². The lowest BCUT2D eigenvalue weighted by Gasteiger charge is -2.28. The van der Waals surface area contributed by atoms with Crippen LogP contribution in [0.4, 0.5) is 5.82 Å². The summed E-state index contributed by atoms with van der Waals surface area (Å²) in [4.78, 5) is 9.13. The largest absolute Gasteiger partial charge is 0.383 e. The van der Waals surface area contributed by atoms with E-state index in [0.717, 1.165) is 23.5 Å². The van der Waals surface area contributed by atoms with Crippen molar-refractivity contribution in [2.75, 3.05) is 12.8 Å². The summed E-state index contributed by atoms with van der Waals surface area (Å²) in [5.41, 5.74) is 8.09. The molecule has 1 aromatic heterocycles. The summed E-state index contributed by atoms with van der Waals surface area (Å²) in [6.07, 6.45) is 7.18. The highest BCUT2D eigenvalue weighted by Crippen LogP contribution is 2.35. The smallest absolute Gasteiger partial charge is 0.160 e. The number of nitrogen functional groups attached to an aromatic ring is 1. The van der Waals surface area contributed by atoms with Crippen molar-refractivity contribution < 1.29 is 4.74 Å². The summed E-state index contributed by atoms with van der Waals surface area (Å²) in [5.74, 6) is 1.91. The second-order valence-electron chi connectivity index (χ2n) is 5.44. The second kappa shape index (κ2) is 6.33. The van der Waals surface area contributed by atoms with Gasteiger partial charge in [0.15, 0.2) is 5.82 Å². The molecule has 106 valence electrons. The lowest BCUT2D eigenvalue weighted by atomic mass is 9.85. The molecule has 1 saturated carbocycles. The average Bonchev–Trinajstić information content (AvgIpc) is 2.40. The Labute approximate surface area is 115 Å². The number of methoxy groups -OCH3 is 1. The van der Waals surface area contributed by atoms with Gasteiger partial charge in [0.1, 0.15) is 11.9 Å². The molecule has 1 aromatic rings. The molecular weight excluding hydrogens is 238 g/mol. The maximum atomic E-state index is 6.05. The molecular formula is C15H25N3O. The molecule has 0 radical (unpaired) electrons. The van der Waals surface area contributed by atoms with Crippen LogP contribution in [0.15, 0.2) is 0 Å². The van der Waals surface area contributed by atoms with Gasteiger partial charge in [0.2, 0.25) is 0 Å². The minimum absolute atomic E-state index is 0.00722. The molecule has 1 heterocycles. The molecule has 1 unspecified atom stereocenters. The van der Waals surface area contributed by atoms with Crippen LogP contribution in [0.1, 0.15) is 62.2 Å². The van der Waals surface area contributed by atoms with E-state index in [2.05, 4.69) is 16.9 Å². The van der Waals surface area contributed by atoms with Crippen molar-refractivity contribution in [3.05, 3.63) is 17.1 Å². The van der Waals surface area contributed by atoms with Crippen LogP contribution >= 0.6 is 0 Å². The van der Waals surface area contributed by atoms with Crippen molar-refractivity contribution in [1.82, 2.24) is 9.97 Å². The third kappa shape index (κ3) is 3.06. The van der Waals surface area contributed by atoms with Crippen molar-refractivity contribution in [2.45, 2.75) is 58.5 Å². The normalized spacial score (nSPS) is 18.5. The van der Waals surface area contributed by atoms with E-state index in [-0.39, 0.29) is 6.10 Å².